The smallest absolute Gasteiger partial charge is 0.313 e. The molecule has 0 aromatic heterocycles. The average Bonchev–Trinajstić information content (AvgIpc) is 3.07. The molecule has 3 heterocycles. The summed E-state index contributed by atoms with van der Waals surface area (Å²) in [6, 6.07) is 9.74. The third-order valence-corrected chi connectivity index (χ3v) is 5.72. The highest BCUT2D eigenvalue weighted by atomic mass is 16.5. The zero-order valence-electron chi connectivity index (χ0n) is 13.2. The van der Waals surface area contributed by atoms with Crippen LogP contribution < -0.4 is 0 Å². The highest BCUT2D eigenvalue weighted by molar-refractivity contribution is 5.93. The van der Waals surface area contributed by atoms with Crippen molar-refractivity contribution >= 4 is 11.9 Å². The Morgan fingerprint density at radius 3 is 2.74 bits per heavy atom. The zero-order chi connectivity index (χ0) is 16.4. The number of amides is 1. The summed E-state index contributed by atoms with van der Waals surface area (Å²) >= 11 is 0. The first-order valence-corrected chi connectivity index (χ1v) is 7.82. The summed E-state index contributed by atoms with van der Waals surface area (Å²) in [5, 5.41) is 9.74. The second kappa shape index (κ2) is 4.45. The summed E-state index contributed by atoms with van der Waals surface area (Å²) in [5.74, 6) is -1.73. The molecular formula is C18H19NO4. The van der Waals surface area contributed by atoms with Gasteiger partial charge in [-0.1, -0.05) is 36.4 Å². The molecule has 3 aliphatic rings. The van der Waals surface area contributed by atoms with Crippen LogP contribution in [0.15, 0.2) is 42.0 Å². The van der Waals surface area contributed by atoms with Crippen molar-refractivity contribution in [3.05, 3.63) is 47.5 Å². The zero-order valence-corrected chi connectivity index (χ0v) is 13.2. The molecule has 0 unspecified atom stereocenters. The molecule has 1 N–H and O–H groups in total. The van der Waals surface area contributed by atoms with E-state index >= 15 is 0 Å². The Labute approximate surface area is 134 Å². The van der Waals surface area contributed by atoms with Gasteiger partial charge in [-0.3, -0.25) is 9.59 Å². The molecule has 4 rings (SSSR count). The van der Waals surface area contributed by atoms with Crippen LogP contribution in [0.3, 0.4) is 0 Å². The van der Waals surface area contributed by atoms with Crippen LogP contribution in [-0.2, 0) is 20.9 Å². The minimum absolute atomic E-state index is 0.117. The van der Waals surface area contributed by atoms with Gasteiger partial charge < -0.3 is 14.7 Å². The van der Waals surface area contributed by atoms with Gasteiger partial charge in [0, 0.05) is 6.54 Å². The molecule has 3 aliphatic heterocycles. The second-order valence-corrected chi connectivity index (χ2v) is 6.98. The van der Waals surface area contributed by atoms with E-state index in [1.165, 1.54) is 0 Å². The third kappa shape index (κ3) is 1.66. The number of hydrogen-bond donors (Lipinski definition) is 1. The Morgan fingerprint density at radius 1 is 1.39 bits per heavy atom. The monoisotopic (exact) mass is 313 g/mol. The molecule has 0 saturated carbocycles. The standard InChI is InChI=1S/C18H19NO4/c1-11-8-13-17(2,16(21)22)14-15(20)19(10-18(11,14)23-13)9-12-6-4-3-5-7-12/h3-8,13-14H,9-10H2,1-2H3,(H,21,22)/t13-,14-,17-,18+/m1/s1. The minimum Gasteiger partial charge on any atom is -0.481 e. The van der Waals surface area contributed by atoms with Crippen molar-refractivity contribution in [1.82, 2.24) is 4.90 Å². The molecule has 120 valence electrons. The van der Waals surface area contributed by atoms with E-state index in [9.17, 15) is 14.7 Å². The SMILES string of the molecule is CC1=C[C@H]2O[C@@]13CN(Cc1ccccc1)C(=O)[C@@H]3[C@]2(C)C(=O)O. The number of rotatable bonds is 3. The molecule has 1 aromatic carbocycles. The number of carbonyl (C=O) groups excluding carboxylic acids is 1. The third-order valence-electron chi connectivity index (χ3n) is 5.72. The lowest BCUT2D eigenvalue weighted by Crippen LogP contribution is -2.49. The van der Waals surface area contributed by atoms with E-state index in [0.717, 1.165) is 11.1 Å². The van der Waals surface area contributed by atoms with Crippen LogP contribution in [0.2, 0.25) is 0 Å². The predicted octanol–water partition coefficient (Wildman–Crippen LogP) is 1.83. The van der Waals surface area contributed by atoms with Crippen molar-refractivity contribution in [3.63, 3.8) is 0 Å². The normalized spacial score (nSPS) is 37.9. The molecule has 1 spiro atoms. The lowest BCUT2D eigenvalue weighted by Gasteiger charge is -2.32. The number of carboxylic acids is 1. The van der Waals surface area contributed by atoms with Gasteiger partial charge >= 0.3 is 5.97 Å². The van der Waals surface area contributed by atoms with Crippen molar-refractivity contribution < 1.29 is 19.4 Å². The van der Waals surface area contributed by atoms with E-state index in [4.69, 9.17) is 4.74 Å². The van der Waals surface area contributed by atoms with Gasteiger partial charge in [-0.2, -0.15) is 0 Å². The van der Waals surface area contributed by atoms with Gasteiger partial charge in [0.2, 0.25) is 5.91 Å². The van der Waals surface area contributed by atoms with Crippen molar-refractivity contribution in [2.24, 2.45) is 11.3 Å². The number of ether oxygens (including phenoxy) is 1. The summed E-state index contributed by atoms with van der Waals surface area (Å²) < 4.78 is 6.08. The van der Waals surface area contributed by atoms with Crippen molar-refractivity contribution in [1.29, 1.82) is 0 Å². The molecule has 2 fully saturated rings. The Kier molecular flexibility index (Phi) is 2.79. The number of carboxylic acid groups (broad SMARTS) is 1. The first-order chi connectivity index (χ1) is 10.9. The van der Waals surface area contributed by atoms with Crippen molar-refractivity contribution in [2.75, 3.05) is 6.54 Å². The first kappa shape index (κ1) is 14.5. The molecule has 0 radical (unpaired) electrons. The molecular weight excluding hydrogens is 294 g/mol. The number of hydrogen-bond acceptors (Lipinski definition) is 3. The molecule has 1 amide bonds. The van der Waals surface area contributed by atoms with Gasteiger partial charge in [0.25, 0.3) is 0 Å². The number of nitrogens with zero attached hydrogens (tertiary/aromatic N) is 1. The summed E-state index contributed by atoms with van der Waals surface area (Å²) in [4.78, 5) is 26.6. The number of aliphatic carboxylic acids is 1. The molecule has 5 nitrogen and oxygen atoms in total. The first-order valence-electron chi connectivity index (χ1n) is 7.82. The Bertz CT molecular complexity index is 728. The van der Waals surface area contributed by atoms with Crippen LogP contribution in [0, 0.1) is 11.3 Å². The highest BCUT2D eigenvalue weighted by Gasteiger charge is 2.74. The Morgan fingerprint density at radius 2 is 2.09 bits per heavy atom. The Balaban J connectivity index is 1.72. The van der Waals surface area contributed by atoms with Gasteiger partial charge in [-0.25, -0.2) is 0 Å². The van der Waals surface area contributed by atoms with Crippen LogP contribution in [-0.4, -0.2) is 40.1 Å². The van der Waals surface area contributed by atoms with E-state index < -0.39 is 29.0 Å². The summed E-state index contributed by atoms with van der Waals surface area (Å²) in [7, 11) is 0. The maximum absolute atomic E-state index is 13.0. The Hall–Kier alpha value is -2.14. The van der Waals surface area contributed by atoms with Gasteiger partial charge in [0.1, 0.15) is 11.0 Å². The minimum atomic E-state index is -1.19. The lowest BCUT2D eigenvalue weighted by molar-refractivity contribution is -0.156. The fraction of sp³-hybridized carbons (Fsp3) is 0.444. The predicted molar refractivity (Wildman–Crippen MR) is 82.5 cm³/mol. The van der Waals surface area contributed by atoms with Crippen molar-refractivity contribution in [2.45, 2.75) is 32.1 Å². The van der Waals surface area contributed by atoms with Crippen molar-refractivity contribution in [3.8, 4) is 0 Å². The summed E-state index contributed by atoms with van der Waals surface area (Å²) in [6.45, 7) is 4.48. The second-order valence-electron chi connectivity index (χ2n) is 6.98. The number of carbonyl (C=O) groups is 2. The maximum atomic E-state index is 13.0. The van der Waals surface area contributed by atoms with Crippen LogP contribution in [0.25, 0.3) is 0 Å². The molecule has 0 aliphatic carbocycles. The van der Waals surface area contributed by atoms with Gasteiger partial charge in [-0.15, -0.1) is 0 Å². The van der Waals surface area contributed by atoms with E-state index in [1.54, 1.807) is 11.8 Å². The van der Waals surface area contributed by atoms with Crippen LogP contribution >= 0.6 is 0 Å². The molecule has 1 aromatic rings. The van der Waals surface area contributed by atoms with Gasteiger partial charge in [0.05, 0.1) is 18.6 Å². The van der Waals surface area contributed by atoms with Gasteiger partial charge in [-0.05, 0) is 25.0 Å². The largest absolute Gasteiger partial charge is 0.481 e. The van der Waals surface area contributed by atoms with Gasteiger partial charge in [0.15, 0.2) is 0 Å². The molecule has 4 atom stereocenters. The maximum Gasteiger partial charge on any atom is 0.313 e. The van der Waals surface area contributed by atoms with E-state index in [0.29, 0.717) is 13.1 Å². The molecule has 23 heavy (non-hydrogen) atoms. The number of benzene rings is 1. The topological polar surface area (TPSA) is 66.8 Å². The fourth-order valence-corrected chi connectivity index (χ4v) is 4.40. The van der Waals surface area contributed by atoms with E-state index in [-0.39, 0.29) is 5.91 Å². The number of fused-ring (bicyclic) bond motifs is 1. The van der Waals surface area contributed by atoms with E-state index in [2.05, 4.69) is 0 Å². The fourth-order valence-electron chi connectivity index (χ4n) is 4.40. The summed E-state index contributed by atoms with van der Waals surface area (Å²) in [5.41, 5.74) is 0.0478. The lowest BCUT2D eigenvalue weighted by atomic mass is 9.64. The highest BCUT2D eigenvalue weighted by Crippen LogP contribution is 2.61. The molecule has 5 heteroatoms. The summed E-state index contributed by atoms with van der Waals surface area (Å²) in [6.07, 6.45) is 1.36. The van der Waals surface area contributed by atoms with E-state index in [1.807, 2.05) is 43.3 Å². The van der Waals surface area contributed by atoms with Crippen LogP contribution in [0.5, 0.6) is 0 Å². The average molecular weight is 313 g/mol. The van der Waals surface area contributed by atoms with Crippen LogP contribution in [0.1, 0.15) is 19.4 Å². The number of likely N-dealkylation sites (tertiary alicyclic amines) is 1. The quantitative estimate of drug-likeness (QED) is 0.865. The molecule has 2 saturated heterocycles. The molecule has 2 bridgehead atoms. The van der Waals surface area contributed by atoms with Crippen LogP contribution in [0.4, 0.5) is 0 Å².